The van der Waals surface area contributed by atoms with E-state index < -0.39 is 15.9 Å². The molecule has 1 aliphatic heterocycles. The number of nitrogens with zero attached hydrogens (tertiary/aromatic N) is 2. The minimum atomic E-state index is -3.65. The molecule has 31 heavy (non-hydrogen) atoms. The number of thiazole rings is 1. The Morgan fingerprint density at radius 1 is 1.26 bits per heavy atom. The average molecular weight is 480 g/mol. The largest absolute Gasteiger partial charge is 0.494 e. The van der Waals surface area contributed by atoms with Gasteiger partial charge in [0.15, 0.2) is 5.13 Å². The highest BCUT2D eigenvalue weighted by Crippen LogP contribution is 2.37. The number of piperidine rings is 1. The Labute approximate surface area is 190 Å². The van der Waals surface area contributed by atoms with Crippen molar-refractivity contribution in [1.29, 1.82) is 0 Å². The fourth-order valence-corrected chi connectivity index (χ4v) is 6.29. The lowest BCUT2D eigenvalue weighted by atomic mass is 9.99. The predicted molar refractivity (Wildman–Crippen MR) is 122 cm³/mol. The summed E-state index contributed by atoms with van der Waals surface area (Å²) in [5, 5.41) is 3.77. The molecule has 7 nitrogen and oxygen atoms in total. The van der Waals surface area contributed by atoms with Crippen LogP contribution in [0.25, 0.3) is 10.2 Å². The van der Waals surface area contributed by atoms with Gasteiger partial charge in [0.2, 0.25) is 15.9 Å². The van der Waals surface area contributed by atoms with Gasteiger partial charge < -0.3 is 10.1 Å². The number of aromatic nitrogens is 1. The van der Waals surface area contributed by atoms with Crippen LogP contribution in [0, 0.1) is 12.8 Å². The minimum absolute atomic E-state index is 0.136. The van der Waals surface area contributed by atoms with Crippen molar-refractivity contribution in [3.63, 3.8) is 0 Å². The zero-order valence-corrected chi connectivity index (χ0v) is 19.5. The molecule has 0 saturated carbocycles. The van der Waals surface area contributed by atoms with E-state index >= 15 is 0 Å². The zero-order valence-electron chi connectivity index (χ0n) is 17.1. The van der Waals surface area contributed by atoms with Gasteiger partial charge in [0.25, 0.3) is 0 Å². The second-order valence-corrected chi connectivity index (χ2v) is 10.8. The van der Waals surface area contributed by atoms with Crippen molar-refractivity contribution in [3.8, 4) is 5.75 Å². The maximum atomic E-state index is 13.0. The molecule has 1 aliphatic rings. The van der Waals surface area contributed by atoms with Crippen LogP contribution < -0.4 is 10.1 Å². The number of hydrogen-bond donors (Lipinski definition) is 1. The number of benzene rings is 2. The molecule has 1 aromatic heterocycles. The molecule has 1 atom stereocenters. The van der Waals surface area contributed by atoms with Crippen molar-refractivity contribution in [1.82, 2.24) is 9.29 Å². The van der Waals surface area contributed by atoms with Crippen LogP contribution >= 0.6 is 22.9 Å². The summed E-state index contributed by atoms with van der Waals surface area (Å²) in [7, 11) is -2.10. The van der Waals surface area contributed by atoms with Gasteiger partial charge in [-0.15, -0.1) is 0 Å². The summed E-state index contributed by atoms with van der Waals surface area (Å²) in [6.45, 7) is 2.44. The van der Waals surface area contributed by atoms with E-state index in [2.05, 4.69) is 10.3 Å². The van der Waals surface area contributed by atoms with E-state index in [-0.39, 0.29) is 17.3 Å². The standard InChI is InChI=1S/C21H22ClN3O4S2/c1-13-5-7-15(8-6-13)31(27,28)25-11-3-4-14(12-25)20(26)24-21-23-18-17(29-2)10-9-16(22)19(18)30-21/h5-10,14H,3-4,11-12H2,1-2H3,(H,23,24,26). The number of hydrogen-bond acceptors (Lipinski definition) is 6. The average Bonchev–Trinajstić information content (AvgIpc) is 3.19. The van der Waals surface area contributed by atoms with Crippen molar-refractivity contribution in [3.05, 3.63) is 47.0 Å². The first-order valence-corrected chi connectivity index (χ1v) is 12.4. The zero-order chi connectivity index (χ0) is 22.2. The monoisotopic (exact) mass is 479 g/mol. The number of sulfonamides is 1. The first kappa shape index (κ1) is 22.0. The fraction of sp³-hybridized carbons (Fsp3) is 0.333. The molecular weight excluding hydrogens is 458 g/mol. The van der Waals surface area contributed by atoms with Gasteiger partial charge in [0.05, 0.1) is 27.6 Å². The highest BCUT2D eigenvalue weighted by atomic mass is 35.5. The van der Waals surface area contributed by atoms with E-state index in [0.29, 0.717) is 40.8 Å². The van der Waals surface area contributed by atoms with Gasteiger partial charge in [-0.25, -0.2) is 13.4 Å². The summed E-state index contributed by atoms with van der Waals surface area (Å²) >= 11 is 7.51. The van der Waals surface area contributed by atoms with Gasteiger partial charge in [0, 0.05) is 13.1 Å². The van der Waals surface area contributed by atoms with Crippen molar-refractivity contribution >= 4 is 54.2 Å². The van der Waals surface area contributed by atoms with E-state index in [0.717, 1.165) is 10.3 Å². The molecule has 1 fully saturated rings. The van der Waals surface area contributed by atoms with Crippen molar-refractivity contribution in [2.45, 2.75) is 24.7 Å². The van der Waals surface area contributed by atoms with Crippen molar-refractivity contribution in [2.24, 2.45) is 5.92 Å². The van der Waals surface area contributed by atoms with Gasteiger partial charge >= 0.3 is 0 Å². The van der Waals surface area contributed by atoms with E-state index in [4.69, 9.17) is 16.3 Å². The number of amides is 1. The van der Waals surface area contributed by atoms with Crippen LogP contribution in [-0.2, 0) is 14.8 Å². The van der Waals surface area contributed by atoms with Crippen LogP contribution in [0.5, 0.6) is 5.75 Å². The number of nitrogens with one attached hydrogen (secondary N) is 1. The number of fused-ring (bicyclic) bond motifs is 1. The van der Waals surface area contributed by atoms with Gasteiger partial charge in [-0.2, -0.15) is 4.31 Å². The summed E-state index contributed by atoms with van der Waals surface area (Å²) in [5.74, 6) is -0.138. The molecule has 3 aromatic rings. The Hall–Kier alpha value is -2.20. The highest BCUT2D eigenvalue weighted by molar-refractivity contribution is 7.89. The Morgan fingerprint density at radius 3 is 2.71 bits per heavy atom. The first-order chi connectivity index (χ1) is 14.8. The molecule has 1 unspecified atom stereocenters. The SMILES string of the molecule is COc1ccc(Cl)c2sc(NC(=O)C3CCCN(S(=O)(=O)c4ccc(C)cc4)C3)nc12. The number of aryl methyl sites for hydroxylation is 1. The molecule has 164 valence electrons. The highest BCUT2D eigenvalue weighted by Gasteiger charge is 2.33. The molecule has 0 spiro atoms. The molecule has 2 aromatic carbocycles. The molecule has 1 N–H and O–H groups in total. The lowest BCUT2D eigenvalue weighted by Gasteiger charge is -2.31. The number of halogens is 1. The van der Waals surface area contributed by atoms with Crippen LogP contribution in [0.3, 0.4) is 0 Å². The smallest absolute Gasteiger partial charge is 0.243 e. The Morgan fingerprint density at radius 2 is 2.00 bits per heavy atom. The molecule has 2 heterocycles. The van der Waals surface area contributed by atoms with Crippen LogP contribution in [0.4, 0.5) is 5.13 Å². The van der Waals surface area contributed by atoms with Gasteiger partial charge in [-0.1, -0.05) is 40.6 Å². The summed E-state index contributed by atoms with van der Waals surface area (Å²) in [4.78, 5) is 17.6. The molecule has 1 saturated heterocycles. The number of methoxy groups -OCH3 is 1. The Bertz CT molecular complexity index is 1230. The number of rotatable bonds is 5. The van der Waals surface area contributed by atoms with Crippen LogP contribution in [0.2, 0.25) is 5.02 Å². The Kier molecular flexibility index (Phi) is 6.20. The van der Waals surface area contributed by atoms with Gasteiger partial charge in [0.1, 0.15) is 11.3 Å². The maximum absolute atomic E-state index is 13.0. The van der Waals surface area contributed by atoms with E-state index in [1.165, 1.54) is 15.6 Å². The van der Waals surface area contributed by atoms with Crippen molar-refractivity contribution in [2.75, 3.05) is 25.5 Å². The molecule has 0 radical (unpaired) electrons. The normalized spacial score (nSPS) is 17.6. The van der Waals surface area contributed by atoms with E-state index in [1.54, 1.807) is 43.5 Å². The topological polar surface area (TPSA) is 88.6 Å². The molecule has 0 bridgehead atoms. The maximum Gasteiger partial charge on any atom is 0.243 e. The quantitative estimate of drug-likeness (QED) is 0.589. The third-order valence-electron chi connectivity index (χ3n) is 5.32. The molecule has 10 heteroatoms. The summed E-state index contributed by atoms with van der Waals surface area (Å²) in [5.41, 5.74) is 1.57. The number of carbonyl (C=O) groups is 1. The van der Waals surface area contributed by atoms with E-state index in [1.807, 2.05) is 6.92 Å². The summed E-state index contributed by atoms with van der Waals surface area (Å²) in [6.07, 6.45) is 1.23. The van der Waals surface area contributed by atoms with Gasteiger partial charge in [-0.05, 0) is 44.0 Å². The Balaban J connectivity index is 1.51. The molecule has 0 aliphatic carbocycles. The molecule has 1 amide bonds. The van der Waals surface area contributed by atoms with Gasteiger partial charge in [-0.3, -0.25) is 4.79 Å². The number of anilines is 1. The lowest BCUT2D eigenvalue weighted by molar-refractivity contribution is -0.120. The predicted octanol–water partition coefficient (Wildman–Crippen LogP) is 4.31. The number of carbonyl (C=O) groups excluding carboxylic acids is 1. The lowest BCUT2D eigenvalue weighted by Crippen LogP contribution is -2.43. The minimum Gasteiger partial charge on any atom is -0.494 e. The fourth-order valence-electron chi connectivity index (χ4n) is 3.61. The van der Waals surface area contributed by atoms with E-state index in [9.17, 15) is 13.2 Å². The second kappa shape index (κ2) is 8.74. The molecular formula is C21H22ClN3O4S2. The first-order valence-electron chi connectivity index (χ1n) is 9.80. The van der Waals surface area contributed by atoms with Crippen LogP contribution in [0.15, 0.2) is 41.3 Å². The number of ether oxygens (including phenoxy) is 1. The van der Waals surface area contributed by atoms with Crippen molar-refractivity contribution < 1.29 is 17.9 Å². The summed E-state index contributed by atoms with van der Waals surface area (Å²) < 4.78 is 33.4. The third-order valence-corrected chi connectivity index (χ3v) is 8.63. The van der Waals surface area contributed by atoms with Crippen LogP contribution in [0.1, 0.15) is 18.4 Å². The second-order valence-electron chi connectivity index (χ2n) is 7.45. The molecule has 4 rings (SSSR count). The third kappa shape index (κ3) is 4.41. The summed E-state index contributed by atoms with van der Waals surface area (Å²) in [6, 6.07) is 10.2. The van der Waals surface area contributed by atoms with Crippen LogP contribution in [-0.4, -0.2) is 43.8 Å².